The number of H-pyrrole nitrogens is 1. The van der Waals surface area contributed by atoms with Gasteiger partial charge in [-0.2, -0.15) is 0 Å². The number of hydrogen-bond donors (Lipinski definition) is 1. The number of hydrogen-bond acceptors (Lipinski definition) is 4. The van der Waals surface area contributed by atoms with Crippen molar-refractivity contribution >= 4 is 5.65 Å². The molecule has 0 aliphatic heterocycles. The smallest absolute Gasteiger partial charge is 0.272 e. The third-order valence-electron chi connectivity index (χ3n) is 4.71. The van der Waals surface area contributed by atoms with E-state index >= 15 is 0 Å². The SMILES string of the molecule is COCc1[nH]n2c(=O)cc(Cc3ccc(F)cc3)nc2c1-c1ccc(OC)cc1. The Morgan fingerprint density at radius 2 is 1.79 bits per heavy atom. The Labute approximate surface area is 166 Å². The maximum atomic E-state index is 13.2. The van der Waals surface area contributed by atoms with Gasteiger partial charge in [0.2, 0.25) is 0 Å². The Morgan fingerprint density at radius 1 is 1.07 bits per heavy atom. The highest BCUT2D eigenvalue weighted by Crippen LogP contribution is 2.29. The standard InChI is InChI=1S/C22H20FN3O3/c1-28-13-19-21(15-5-9-18(29-2)10-6-15)22-24-17(12-20(27)26(22)25-19)11-14-3-7-16(23)8-4-14/h3-10,12,25H,11,13H2,1-2H3. The van der Waals surface area contributed by atoms with Gasteiger partial charge in [0.1, 0.15) is 11.6 Å². The van der Waals surface area contributed by atoms with E-state index in [0.29, 0.717) is 24.4 Å². The van der Waals surface area contributed by atoms with E-state index in [4.69, 9.17) is 14.5 Å². The van der Waals surface area contributed by atoms with Gasteiger partial charge in [-0.05, 0) is 35.4 Å². The van der Waals surface area contributed by atoms with Gasteiger partial charge in [-0.1, -0.05) is 24.3 Å². The number of benzene rings is 2. The predicted molar refractivity (Wildman–Crippen MR) is 108 cm³/mol. The Morgan fingerprint density at radius 3 is 2.45 bits per heavy atom. The lowest BCUT2D eigenvalue weighted by molar-refractivity contribution is 0.181. The van der Waals surface area contributed by atoms with Crippen molar-refractivity contribution in [3.05, 3.63) is 87.7 Å². The summed E-state index contributed by atoms with van der Waals surface area (Å²) in [7, 11) is 3.21. The maximum Gasteiger partial charge on any atom is 0.272 e. The van der Waals surface area contributed by atoms with E-state index in [-0.39, 0.29) is 11.4 Å². The molecule has 0 amide bonds. The van der Waals surface area contributed by atoms with Gasteiger partial charge < -0.3 is 9.47 Å². The Kier molecular flexibility index (Phi) is 5.14. The molecule has 0 aliphatic rings. The molecule has 4 rings (SSSR count). The van der Waals surface area contributed by atoms with E-state index in [0.717, 1.165) is 28.1 Å². The third-order valence-corrected chi connectivity index (χ3v) is 4.71. The highest BCUT2D eigenvalue weighted by atomic mass is 19.1. The topological polar surface area (TPSA) is 68.6 Å². The summed E-state index contributed by atoms with van der Waals surface area (Å²) in [6.45, 7) is 0.303. The minimum atomic E-state index is -0.297. The molecule has 2 aromatic heterocycles. The van der Waals surface area contributed by atoms with Crippen molar-refractivity contribution in [2.45, 2.75) is 13.0 Å². The molecule has 0 aliphatic carbocycles. The summed E-state index contributed by atoms with van der Waals surface area (Å²) in [5.41, 5.74) is 4.23. The van der Waals surface area contributed by atoms with Crippen LogP contribution < -0.4 is 10.3 Å². The summed E-state index contributed by atoms with van der Waals surface area (Å²) in [6.07, 6.45) is 0.429. The van der Waals surface area contributed by atoms with E-state index in [1.807, 2.05) is 24.3 Å². The number of aromatic amines is 1. The average molecular weight is 393 g/mol. The summed E-state index contributed by atoms with van der Waals surface area (Å²) in [6, 6.07) is 15.2. The molecule has 0 atom stereocenters. The Bertz CT molecular complexity index is 1200. The molecular weight excluding hydrogens is 373 g/mol. The second-order valence-corrected chi connectivity index (χ2v) is 6.67. The van der Waals surface area contributed by atoms with Gasteiger partial charge in [-0.3, -0.25) is 9.89 Å². The average Bonchev–Trinajstić information content (AvgIpc) is 3.09. The molecule has 2 heterocycles. The van der Waals surface area contributed by atoms with E-state index < -0.39 is 0 Å². The lowest BCUT2D eigenvalue weighted by Gasteiger charge is -2.06. The van der Waals surface area contributed by atoms with Crippen molar-refractivity contribution in [3.63, 3.8) is 0 Å². The molecule has 4 aromatic rings. The molecule has 148 valence electrons. The van der Waals surface area contributed by atoms with Crippen LogP contribution in [-0.4, -0.2) is 28.8 Å². The first-order valence-electron chi connectivity index (χ1n) is 9.10. The van der Waals surface area contributed by atoms with Crippen molar-refractivity contribution in [2.75, 3.05) is 14.2 Å². The Balaban J connectivity index is 1.85. The quantitative estimate of drug-likeness (QED) is 0.544. The highest BCUT2D eigenvalue weighted by molar-refractivity contribution is 5.80. The first kappa shape index (κ1) is 18.9. The van der Waals surface area contributed by atoms with E-state index in [9.17, 15) is 9.18 Å². The number of methoxy groups -OCH3 is 2. The minimum absolute atomic E-state index is 0.218. The number of rotatable bonds is 6. The number of fused-ring (bicyclic) bond motifs is 1. The van der Waals surface area contributed by atoms with Gasteiger partial charge >= 0.3 is 0 Å². The van der Waals surface area contributed by atoms with Crippen LogP contribution in [0.3, 0.4) is 0 Å². The zero-order valence-corrected chi connectivity index (χ0v) is 16.1. The molecule has 0 bridgehead atoms. The number of halogens is 1. The van der Waals surface area contributed by atoms with Crippen molar-refractivity contribution in [1.29, 1.82) is 0 Å². The molecule has 0 saturated heterocycles. The van der Waals surface area contributed by atoms with Gasteiger partial charge in [0.25, 0.3) is 5.56 Å². The molecule has 0 fully saturated rings. The third kappa shape index (κ3) is 3.77. The van der Waals surface area contributed by atoms with Crippen molar-refractivity contribution in [1.82, 2.24) is 14.6 Å². The van der Waals surface area contributed by atoms with Crippen LogP contribution >= 0.6 is 0 Å². The monoisotopic (exact) mass is 393 g/mol. The summed E-state index contributed by atoms with van der Waals surface area (Å²) >= 11 is 0. The number of nitrogens with zero attached hydrogens (tertiary/aromatic N) is 2. The Hall–Kier alpha value is -3.45. The van der Waals surface area contributed by atoms with Gasteiger partial charge in [0.15, 0.2) is 5.65 Å². The fourth-order valence-corrected chi connectivity index (χ4v) is 3.34. The van der Waals surface area contributed by atoms with Crippen molar-refractivity contribution in [3.8, 4) is 16.9 Å². The summed E-state index contributed by atoms with van der Waals surface area (Å²) in [5, 5.41) is 3.09. The van der Waals surface area contributed by atoms with Gasteiger partial charge in [0.05, 0.1) is 25.1 Å². The summed E-state index contributed by atoms with van der Waals surface area (Å²) < 4.78 is 25.1. The highest BCUT2D eigenvalue weighted by Gasteiger charge is 2.17. The molecular formula is C22H20FN3O3. The molecule has 1 N–H and O–H groups in total. The van der Waals surface area contributed by atoms with Crippen LogP contribution in [0.25, 0.3) is 16.8 Å². The zero-order valence-electron chi connectivity index (χ0n) is 16.1. The molecule has 7 heteroatoms. The van der Waals surface area contributed by atoms with Crippen LogP contribution in [0.15, 0.2) is 59.4 Å². The zero-order chi connectivity index (χ0) is 20.4. The van der Waals surface area contributed by atoms with Crippen LogP contribution in [0.5, 0.6) is 5.75 Å². The van der Waals surface area contributed by atoms with E-state index in [1.54, 1.807) is 26.4 Å². The minimum Gasteiger partial charge on any atom is -0.497 e. The van der Waals surface area contributed by atoms with E-state index in [2.05, 4.69) is 5.10 Å². The summed E-state index contributed by atoms with van der Waals surface area (Å²) in [5.74, 6) is 0.442. The molecule has 0 unspecified atom stereocenters. The number of ether oxygens (including phenoxy) is 2. The second kappa shape index (κ2) is 7.89. The normalized spacial score (nSPS) is 11.1. The number of nitrogens with one attached hydrogen (secondary N) is 1. The van der Waals surface area contributed by atoms with Crippen LogP contribution in [-0.2, 0) is 17.8 Å². The fraction of sp³-hybridized carbons (Fsp3) is 0.182. The molecule has 0 radical (unpaired) electrons. The maximum absolute atomic E-state index is 13.2. The van der Waals surface area contributed by atoms with Gasteiger partial charge in [-0.25, -0.2) is 13.9 Å². The van der Waals surface area contributed by atoms with Crippen LogP contribution in [0, 0.1) is 5.82 Å². The van der Waals surface area contributed by atoms with Crippen LogP contribution in [0.4, 0.5) is 4.39 Å². The van der Waals surface area contributed by atoms with Crippen molar-refractivity contribution < 1.29 is 13.9 Å². The lowest BCUT2D eigenvalue weighted by atomic mass is 10.1. The van der Waals surface area contributed by atoms with E-state index in [1.165, 1.54) is 22.7 Å². The van der Waals surface area contributed by atoms with Gasteiger partial charge in [0, 0.05) is 25.2 Å². The molecule has 6 nitrogen and oxygen atoms in total. The lowest BCUT2D eigenvalue weighted by Crippen LogP contribution is -2.16. The molecule has 29 heavy (non-hydrogen) atoms. The number of aromatic nitrogens is 3. The van der Waals surface area contributed by atoms with Crippen molar-refractivity contribution in [2.24, 2.45) is 0 Å². The largest absolute Gasteiger partial charge is 0.497 e. The second-order valence-electron chi connectivity index (χ2n) is 6.67. The molecule has 0 saturated carbocycles. The predicted octanol–water partition coefficient (Wildman–Crippen LogP) is 3.57. The first-order valence-corrected chi connectivity index (χ1v) is 9.10. The van der Waals surface area contributed by atoms with Gasteiger partial charge in [-0.15, -0.1) is 0 Å². The van der Waals surface area contributed by atoms with Crippen LogP contribution in [0.2, 0.25) is 0 Å². The summed E-state index contributed by atoms with van der Waals surface area (Å²) in [4.78, 5) is 17.4. The van der Waals surface area contributed by atoms with Crippen LogP contribution in [0.1, 0.15) is 17.0 Å². The fourth-order valence-electron chi connectivity index (χ4n) is 3.34. The first-order chi connectivity index (χ1) is 14.1. The molecule has 0 spiro atoms. The molecule has 2 aromatic carbocycles.